The van der Waals surface area contributed by atoms with E-state index in [1.165, 1.54) is 22.0 Å². The number of hydrogen-bond acceptors (Lipinski definition) is 6. The number of benzene rings is 1. The molecule has 2 aromatic heterocycles. The van der Waals surface area contributed by atoms with Gasteiger partial charge in [-0.2, -0.15) is 4.31 Å². The highest BCUT2D eigenvalue weighted by Crippen LogP contribution is 2.28. The average Bonchev–Trinajstić information content (AvgIpc) is 2.94. The highest BCUT2D eigenvalue weighted by atomic mass is 32.2. The van der Waals surface area contributed by atoms with E-state index >= 15 is 0 Å². The van der Waals surface area contributed by atoms with E-state index in [2.05, 4.69) is 15.0 Å². The van der Waals surface area contributed by atoms with E-state index in [-0.39, 0.29) is 23.5 Å². The molecule has 0 unspecified atom stereocenters. The van der Waals surface area contributed by atoms with Crippen molar-refractivity contribution in [1.82, 2.24) is 19.3 Å². The number of aromatic nitrogens is 3. The van der Waals surface area contributed by atoms with Crippen molar-refractivity contribution in [3.63, 3.8) is 0 Å². The minimum atomic E-state index is -3.64. The molecule has 1 aliphatic rings. The molecule has 0 saturated carbocycles. The first-order valence-electron chi connectivity index (χ1n) is 7.38. The molecule has 3 aromatic rings. The summed E-state index contributed by atoms with van der Waals surface area (Å²) in [5.41, 5.74) is 1.69. The fraction of sp³-hybridized carbons (Fsp3) is 0.267. The van der Waals surface area contributed by atoms with E-state index in [9.17, 15) is 13.2 Å². The molecule has 3 heterocycles. The number of aromatic amines is 1. The lowest BCUT2D eigenvalue weighted by molar-refractivity contribution is 0.383. The molecular formula is C15H14N4O3S2. The Labute approximate surface area is 142 Å². The van der Waals surface area contributed by atoms with Crippen molar-refractivity contribution in [2.75, 3.05) is 6.54 Å². The lowest BCUT2D eigenvalue weighted by Crippen LogP contribution is -2.38. The molecule has 0 fully saturated rings. The summed E-state index contributed by atoms with van der Waals surface area (Å²) in [6, 6.07) is 4.97. The minimum absolute atomic E-state index is 0.112. The van der Waals surface area contributed by atoms with Crippen molar-refractivity contribution >= 4 is 31.6 Å². The Morgan fingerprint density at radius 3 is 3.00 bits per heavy atom. The van der Waals surface area contributed by atoms with Gasteiger partial charge < -0.3 is 4.98 Å². The molecule has 0 bridgehead atoms. The Hall–Kier alpha value is -2.10. The van der Waals surface area contributed by atoms with E-state index in [0.29, 0.717) is 17.7 Å². The number of aryl methyl sites for hydroxylation is 1. The van der Waals surface area contributed by atoms with Gasteiger partial charge in [0.25, 0.3) is 5.56 Å². The van der Waals surface area contributed by atoms with Crippen molar-refractivity contribution in [2.24, 2.45) is 0 Å². The largest absolute Gasteiger partial charge is 0.313 e. The SMILES string of the molecule is Cc1nc2ccc(S(=O)(=O)N3CCc4c(nc[nH]c4=O)C3)cc2s1. The van der Waals surface area contributed by atoms with Crippen molar-refractivity contribution in [3.05, 3.63) is 51.1 Å². The molecule has 9 heteroatoms. The first kappa shape index (κ1) is 15.4. The lowest BCUT2D eigenvalue weighted by atomic mass is 10.1. The van der Waals surface area contributed by atoms with Crippen LogP contribution in [0.2, 0.25) is 0 Å². The van der Waals surface area contributed by atoms with Gasteiger partial charge in [0, 0.05) is 12.1 Å². The maximum Gasteiger partial charge on any atom is 0.254 e. The summed E-state index contributed by atoms with van der Waals surface area (Å²) < 4.78 is 28.1. The maximum atomic E-state index is 12.9. The first-order chi connectivity index (χ1) is 11.4. The molecule has 1 N–H and O–H groups in total. The molecular weight excluding hydrogens is 348 g/mol. The van der Waals surface area contributed by atoms with Crippen LogP contribution in [-0.2, 0) is 23.0 Å². The molecule has 0 atom stereocenters. The Morgan fingerprint density at radius 1 is 1.33 bits per heavy atom. The zero-order chi connectivity index (χ0) is 16.9. The molecule has 124 valence electrons. The quantitative estimate of drug-likeness (QED) is 0.744. The smallest absolute Gasteiger partial charge is 0.254 e. The Kier molecular flexibility index (Phi) is 3.52. The zero-order valence-electron chi connectivity index (χ0n) is 12.8. The van der Waals surface area contributed by atoms with Gasteiger partial charge in [-0.3, -0.25) is 4.79 Å². The molecule has 0 radical (unpaired) electrons. The summed E-state index contributed by atoms with van der Waals surface area (Å²) in [5.74, 6) is 0. The molecule has 0 saturated heterocycles. The Balaban J connectivity index is 1.73. The summed E-state index contributed by atoms with van der Waals surface area (Å²) in [6.07, 6.45) is 1.67. The number of rotatable bonds is 2. The molecule has 24 heavy (non-hydrogen) atoms. The average molecular weight is 362 g/mol. The molecule has 0 aliphatic carbocycles. The monoisotopic (exact) mass is 362 g/mol. The third-order valence-corrected chi connectivity index (χ3v) is 6.86. The van der Waals surface area contributed by atoms with Crippen molar-refractivity contribution in [3.8, 4) is 0 Å². The van der Waals surface area contributed by atoms with Crippen LogP contribution in [0.4, 0.5) is 0 Å². The molecule has 1 aliphatic heterocycles. The normalized spacial score (nSPS) is 15.5. The molecule has 7 nitrogen and oxygen atoms in total. The van der Waals surface area contributed by atoms with Crippen LogP contribution in [0.25, 0.3) is 10.2 Å². The second kappa shape index (κ2) is 5.47. The first-order valence-corrected chi connectivity index (χ1v) is 9.63. The molecule has 1 aromatic carbocycles. The number of thiazole rings is 1. The van der Waals surface area contributed by atoms with Crippen molar-refractivity contribution in [2.45, 2.75) is 24.8 Å². The second-order valence-corrected chi connectivity index (χ2v) is 8.78. The third kappa shape index (κ3) is 2.45. The Morgan fingerprint density at radius 2 is 2.17 bits per heavy atom. The number of H-pyrrole nitrogens is 1. The minimum Gasteiger partial charge on any atom is -0.313 e. The van der Waals surface area contributed by atoms with Crippen LogP contribution in [0.1, 0.15) is 16.3 Å². The highest BCUT2D eigenvalue weighted by Gasteiger charge is 2.30. The van der Waals surface area contributed by atoms with Gasteiger partial charge in [-0.25, -0.2) is 18.4 Å². The van der Waals surface area contributed by atoms with Crippen molar-refractivity contribution < 1.29 is 8.42 Å². The second-order valence-electron chi connectivity index (χ2n) is 5.61. The van der Waals surface area contributed by atoms with Gasteiger partial charge >= 0.3 is 0 Å². The van der Waals surface area contributed by atoms with Crippen molar-refractivity contribution in [1.29, 1.82) is 0 Å². The van der Waals surface area contributed by atoms with Crippen LogP contribution in [0.5, 0.6) is 0 Å². The van der Waals surface area contributed by atoms with Gasteiger partial charge in [0.2, 0.25) is 10.0 Å². The zero-order valence-corrected chi connectivity index (χ0v) is 14.4. The lowest BCUT2D eigenvalue weighted by Gasteiger charge is -2.26. The summed E-state index contributed by atoms with van der Waals surface area (Å²) in [6.45, 7) is 2.27. The highest BCUT2D eigenvalue weighted by molar-refractivity contribution is 7.89. The van der Waals surface area contributed by atoms with E-state index in [1.54, 1.807) is 18.2 Å². The fourth-order valence-electron chi connectivity index (χ4n) is 2.88. The van der Waals surface area contributed by atoms with Gasteiger partial charge in [0.05, 0.1) is 38.7 Å². The van der Waals surface area contributed by atoms with E-state index < -0.39 is 10.0 Å². The van der Waals surface area contributed by atoms with E-state index in [1.807, 2.05) is 6.92 Å². The standard InChI is InChI=1S/C15H14N4O3S2/c1-9-18-12-3-2-10(6-14(12)23-9)24(21,22)19-5-4-11-13(7-19)16-8-17-15(11)20/h2-3,6,8H,4-5,7H2,1H3,(H,16,17,20). The van der Waals surface area contributed by atoms with Crippen LogP contribution in [0.3, 0.4) is 0 Å². The van der Waals surface area contributed by atoms with Gasteiger partial charge in [-0.15, -0.1) is 11.3 Å². The van der Waals surface area contributed by atoms with Crippen LogP contribution >= 0.6 is 11.3 Å². The van der Waals surface area contributed by atoms with E-state index in [4.69, 9.17) is 0 Å². The predicted molar refractivity (Wildman–Crippen MR) is 90.5 cm³/mol. The Bertz CT molecular complexity index is 1100. The molecule has 0 spiro atoms. The van der Waals surface area contributed by atoms with Gasteiger partial charge in [0.1, 0.15) is 0 Å². The van der Waals surface area contributed by atoms with Crippen LogP contribution in [0.15, 0.2) is 34.2 Å². The van der Waals surface area contributed by atoms with Gasteiger partial charge in [-0.05, 0) is 31.5 Å². The van der Waals surface area contributed by atoms with Crippen LogP contribution < -0.4 is 5.56 Å². The topological polar surface area (TPSA) is 96.0 Å². The summed E-state index contributed by atoms with van der Waals surface area (Å²) in [4.78, 5) is 23.0. The van der Waals surface area contributed by atoms with Gasteiger partial charge in [-0.1, -0.05) is 0 Å². The molecule has 0 amide bonds. The third-order valence-electron chi connectivity index (χ3n) is 4.08. The summed E-state index contributed by atoms with van der Waals surface area (Å²) in [5, 5.41) is 0.898. The fourth-order valence-corrected chi connectivity index (χ4v) is 5.25. The number of hydrogen-bond donors (Lipinski definition) is 1. The van der Waals surface area contributed by atoms with Crippen LogP contribution in [-0.4, -0.2) is 34.2 Å². The molecule has 4 rings (SSSR count). The number of fused-ring (bicyclic) bond motifs is 2. The number of nitrogens with one attached hydrogen (secondary N) is 1. The van der Waals surface area contributed by atoms with E-state index in [0.717, 1.165) is 15.2 Å². The number of sulfonamides is 1. The van der Waals surface area contributed by atoms with Gasteiger partial charge in [0.15, 0.2) is 0 Å². The summed E-state index contributed by atoms with van der Waals surface area (Å²) >= 11 is 1.47. The van der Waals surface area contributed by atoms with Crippen LogP contribution in [0, 0.1) is 6.92 Å². The summed E-state index contributed by atoms with van der Waals surface area (Å²) in [7, 11) is -3.64. The number of nitrogens with zero attached hydrogens (tertiary/aromatic N) is 3. The predicted octanol–water partition coefficient (Wildman–Crippen LogP) is 1.44. The maximum absolute atomic E-state index is 12.9.